The second kappa shape index (κ2) is 9.49. The van der Waals surface area contributed by atoms with E-state index in [2.05, 4.69) is 14.9 Å². The fourth-order valence-electron chi connectivity index (χ4n) is 2.75. The van der Waals surface area contributed by atoms with Gasteiger partial charge in [0.05, 0.1) is 10.9 Å². The van der Waals surface area contributed by atoms with Crippen LogP contribution in [-0.2, 0) is 22.3 Å². The summed E-state index contributed by atoms with van der Waals surface area (Å²) in [5.41, 5.74) is 1.00. The van der Waals surface area contributed by atoms with Gasteiger partial charge in [0.2, 0.25) is 10.0 Å². The molecule has 6 nitrogen and oxygen atoms in total. The monoisotopic (exact) mass is 470 g/mol. The van der Waals surface area contributed by atoms with Crippen LogP contribution in [-0.4, -0.2) is 23.2 Å². The molecule has 0 saturated carbocycles. The minimum absolute atomic E-state index is 0.143. The number of aromatic nitrogens is 3. The molecule has 0 amide bonds. The van der Waals surface area contributed by atoms with E-state index < -0.39 is 16.1 Å². The van der Waals surface area contributed by atoms with Crippen molar-refractivity contribution in [2.75, 3.05) is 0 Å². The molecule has 0 spiro atoms. The summed E-state index contributed by atoms with van der Waals surface area (Å²) in [7, 11) is -3.72. The lowest BCUT2D eigenvalue weighted by Crippen LogP contribution is -2.29. The quantitative estimate of drug-likeness (QED) is 0.471. The summed E-state index contributed by atoms with van der Waals surface area (Å²) in [6.45, 7) is 4.32. The van der Waals surface area contributed by atoms with Crippen LogP contribution in [0.3, 0.4) is 0 Å². The van der Waals surface area contributed by atoms with Crippen molar-refractivity contribution in [1.82, 2.24) is 19.5 Å². The molecule has 1 heterocycles. The minimum Gasteiger partial charge on any atom is -0.305 e. The van der Waals surface area contributed by atoms with E-state index in [4.69, 9.17) is 23.2 Å². The van der Waals surface area contributed by atoms with Crippen LogP contribution in [0.15, 0.2) is 58.6 Å². The third-order valence-corrected chi connectivity index (χ3v) is 7.41. The van der Waals surface area contributed by atoms with Crippen molar-refractivity contribution in [3.63, 3.8) is 0 Å². The van der Waals surface area contributed by atoms with Gasteiger partial charge in [0, 0.05) is 22.3 Å². The third-order valence-electron chi connectivity index (χ3n) is 4.22. The molecule has 1 aromatic heterocycles. The van der Waals surface area contributed by atoms with E-state index in [1.807, 2.05) is 35.8 Å². The van der Waals surface area contributed by atoms with Gasteiger partial charge in [-0.3, -0.25) is 0 Å². The summed E-state index contributed by atoms with van der Waals surface area (Å²) >= 11 is 13.6. The number of hydrogen-bond donors (Lipinski definition) is 1. The van der Waals surface area contributed by atoms with Crippen LogP contribution in [0.5, 0.6) is 0 Å². The van der Waals surface area contributed by atoms with Gasteiger partial charge in [-0.15, -0.1) is 10.2 Å². The van der Waals surface area contributed by atoms with Crippen LogP contribution in [0.2, 0.25) is 10.0 Å². The van der Waals surface area contributed by atoms with Gasteiger partial charge < -0.3 is 4.57 Å². The number of sulfonamides is 1. The first kappa shape index (κ1) is 22.1. The Kier molecular flexibility index (Phi) is 7.23. The first-order valence-electron chi connectivity index (χ1n) is 8.89. The number of benzene rings is 2. The van der Waals surface area contributed by atoms with E-state index in [1.54, 1.807) is 19.1 Å². The first-order chi connectivity index (χ1) is 13.8. The zero-order valence-corrected chi connectivity index (χ0v) is 19.0. The molecule has 29 heavy (non-hydrogen) atoms. The standard InChI is InChI=1S/C19H20Cl2N4O2S2/c1-3-25-18(13(2)24-29(26,27)16-10-8-15(20)9-11-16)22-23-19(25)28-12-14-6-4-5-7-17(14)21/h4-11,13,24H,3,12H2,1-2H3/t13-/m1/s1. The van der Waals surface area contributed by atoms with E-state index >= 15 is 0 Å². The summed E-state index contributed by atoms with van der Waals surface area (Å²) in [4.78, 5) is 0.143. The van der Waals surface area contributed by atoms with Crippen LogP contribution in [0.25, 0.3) is 0 Å². The Morgan fingerprint density at radius 2 is 1.79 bits per heavy atom. The smallest absolute Gasteiger partial charge is 0.241 e. The Bertz CT molecular complexity index is 1090. The molecule has 0 radical (unpaired) electrons. The molecule has 0 fully saturated rings. The SMILES string of the molecule is CCn1c(SCc2ccccc2Cl)nnc1[C@@H](C)NS(=O)(=O)c1ccc(Cl)cc1. The Morgan fingerprint density at radius 1 is 1.10 bits per heavy atom. The van der Waals surface area contributed by atoms with Gasteiger partial charge in [0.15, 0.2) is 11.0 Å². The third kappa shape index (κ3) is 5.32. The van der Waals surface area contributed by atoms with Gasteiger partial charge in [-0.2, -0.15) is 0 Å². The zero-order chi connectivity index (χ0) is 21.0. The van der Waals surface area contributed by atoms with Crippen LogP contribution in [0, 0.1) is 0 Å². The van der Waals surface area contributed by atoms with Gasteiger partial charge in [-0.25, -0.2) is 13.1 Å². The highest BCUT2D eigenvalue weighted by molar-refractivity contribution is 7.98. The van der Waals surface area contributed by atoms with Gasteiger partial charge in [-0.1, -0.05) is 53.2 Å². The van der Waals surface area contributed by atoms with Crippen molar-refractivity contribution in [2.24, 2.45) is 0 Å². The lowest BCUT2D eigenvalue weighted by atomic mass is 10.2. The summed E-state index contributed by atoms with van der Waals surface area (Å²) in [6, 6.07) is 13.1. The summed E-state index contributed by atoms with van der Waals surface area (Å²) in [5.74, 6) is 1.19. The number of halogens is 2. The predicted molar refractivity (Wildman–Crippen MR) is 117 cm³/mol. The largest absolute Gasteiger partial charge is 0.305 e. The Balaban J connectivity index is 1.76. The Morgan fingerprint density at radius 3 is 2.45 bits per heavy atom. The van der Waals surface area contributed by atoms with E-state index in [1.165, 1.54) is 23.9 Å². The van der Waals surface area contributed by atoms with E-state index in [9.17, 15) is 8.42 Å². The van der Waals surface area contributed by atoms with Crippen molar-refractivity contribution in [1.29, 1.82) is 0 Å². The van der Waals surface area contributed by atoms with Crippen molar-refractivity contribution in [3.05, 3.63) is 70.0 Å². The molecule has 154 valence electrons. The molecule has 1 atom stereocenters. The van der Waals surface area contributed by atoms with Gasteiger partial charge in [0.25, 0.3) is 0 Å². The predicted octanol–water partition coefficient (Wildman–Crippen LogP) is 4.94. The van der Waals surface area contributed by atoms with Crippen LogP contribution in [0.4, 0.5) is 0 Å². The van der Waals surface area contributed by atoms with Crippen LogP contribution < -0.4 is 4.72 Å². The molecule has 10 heteroatoms. The number of nitrogens with zero attached hydrogens (tertiary/aromatic N) is 3. The van der Waals surface area contributed by atoms with Crippen LogP contribution in [0.1, 0.15) is 31.3 Å². The molecule has 3 aromatic rings. The second-order valence-corrected chi connectivity index (χ2v) is 9.76. The molecule has 1 N–H and O–H groups in total. The number of nitrogens with one attached hydrogen (secondary N) is 1. The van der Waals surface area contributed by atoms with Crippen molar-refractivity contribution in [3.8, 4) is 0 Å². The topological polar surface area (TPSA) is 76.9 Å². The highest BCUT2D eigenvalue weighted by Crippen LogP contribution is 2.27. The average molecular weight is 471 g/mol. The molecule has 0 aliphatic heterocycles. The molecule has 3 rings (SSSR count). The van der Waals surface area contributed by atoms with Gasteiger partial charge >= 0.3 is 0 Å². The molecular weight excluding hydrogens is 451 g/mol. The molecule has 0 aliphatic carbocycles. The fourth-order valence-corrected chi connectivity index (χ4v) is 5.37. The number of thioether (sulfide) groups is 1. The molecule has 0 unspecified atom stereocenters. The van der Waals surface area contributed by atoms with E-state index in [-0.39, 0.29) is 4.90 Å². The zero-order valence-electron chi connectivity index (χ0n) is 15.8. The lowest BCUT2D eigenvalue weighted by molar-refractivity contribution is 0.539. The molecule has 2 aromatic carbocycles. The second-order valence-electron chi connectivity index (χ2n) is 6.26. The maximum Gasteiger partial charge on any atom is 0.241 e. The number of hydrogen-bond acceptors (Lipinski definition) is 5. The van der Waals surface area contributed by atoms with Crippen LogP contribution >= 0.6 is 35.0 Å². The number of rotatable bonds is 8. The molecule has 0 saturated heterocycles. The minimum atomic E-state index is -3.72. The highest BCUT2D eigenvalue weighted by Gasteiger charge is 2.23. The average Bonchev–Trinajstić information content (AvgIpc) is 3.10. The first-order valence-corrected chi connectivity index (χ1v) is 12.1. The Labute approximate surface area is 184 Å². The maximum atomic E-state index is 12.7. The van der Waals surface area contributed by atoms with E-state index in [0.717, 1.165) is 5.56 Å². The van der Waals surface area contributed by atoms with Gasteiger partial charge in [-0.05, 0) is 49.7 Å². The molecular formula is C19H20Cl2N4O2S2. The summed E-state index contributed by atoms with van der Waals surface area (Å²) in [6.07, 6.45) is 0. The molecule has 0 bridgehead atoms. The Hall–Kier alpha value is -1.58. The summed E-state index contributed by atoms with van der Waals surface area (Å²) in [5, 5.41) is 10.4. The highest BCUT2D eigenvalue weighted by atomic mass is 35.5. The van der Waals surface area contributed by atoms with Crippen molar-refractivity contribution < 1.29 is 8.42 Å². The van der Waals surface area contributed by atoms with E-state index in [0.29, 0.717) is 33.3 Å². The van der Waals surface area contributed by atoms with Gasteiger partial charge in [0.1, 0.15) is 0 Å². The summed E-state index contributed by atoms with van der Waals surface area (Å²) < 4.78 is 29.9. The lowest BCUT2D eigenvalue weighted by Gasteiger charge is -2.15. The fraction of sp³-hybridized carbons (Fsp3) is 0.263. The maximum absolute atomic E-state index is 12.7. The molecule has 0 aliphatic rings. The van der Waals surface area contributed by atoms with Crippen molar-refractivity contribution in [2.45, 2.75) is 42.2 Å². The van der Waals surface area contributed by atoms with Crippen molar-refractivity contribution >= 4 is 45.0 Å². The normalized spacial score (nSPS) is 12.8.